The molecule has 16 heavy (non-hydrogen) atoms. The molecular formula is C11H20ClN3O. The van der Waals surface area contributed by atoms with Crippen molar-refractivity contribution < 1.29 is 4.74 Å². The zero-order valence-corrected chi connectivity index (χ0v) is 11.0. The Kier molecular flexibility index (Phi) is 5.80. The summed E-state index contributed by atoms with van der Waals surface area (Å²) in [5.41, 5.74) is 2.17. The van der Waals surface area contributed by atoms with Crippen molar-refractivity contribution in [2.75, 3.05) is 19.8 Å². The van der Waals surface area contributed by atoms with Crippen LogP contribution in [0, 0.1) is 0 Å². The van der Waals surface area contributed by atoms with E-state index in [0.29, 0.717) is 0 Å². The van der Waals surface area contributed by atoms with Gasteiger partial charge in [0, 0.05) is 32.3 Å². The lowest BCUT2D eigenvalue weighted by Crippen LogP contribution is -2.19. The second-order valence-electron chi connectivity index (χ2n) is 3.57. The van der Waals surface area contributed by atoms with E-state index in [9.17, 15) is 0 Å². The fraction of sp³-hybridized carbons (Fsp3) is 0.727. The molecule has 0 saturated carbocycles. The molecule has 1 aromatic rings. The van der Waals surface area contributed by atoms with Gasteiger partial charge in [0.15, 0.2) is 0 Å². The largest absolute Gasteiger partial charge is 0.380 e. The lowest BCUT2D eigenvalue weighted by molar-refractivity contribution is 0.149. The van der Waals surface area contributed by atoms with Gasteiger partial charge >= 0.3 is 0 Å². The lowest BCUT2D eigenvalue weighted by Gasteiger charge is -2.05. The van der Waals surface area contributed by atoms with E-state index >= 15 is 0 Å². The van der Waals surface area contributed by atoms with Crippen LogP contribution in [0.4, 0.5) is 0 Å². The first-order chi connectivity index (χ1) is 7.70. The third-order valence-electron chi connectivity index (χ3n) is 2.42. The summed E-state index contributed by atoms with van der Waals surface area (Å²) in [6, 6.07) is 0. The standard InChI is InChI=1S/C11H20ClN3O/c1-4-10-9(11(12)15(3)14-10)8-13-6-7-16-5-2/h13H,4-8H2,1-3H3. The average molecular weight is 246 g/mol. The molecule has 92 valence electrons. The Bertz CT molecular complexity index is 325. The Morgan fingerprint density at radius 3 is 2.81 bits per heavy atom. The van der Waals surface area contributed by atoms with Gasteiger partial charge < -0.3 is 10.1 Å². The number of nitrogens with zero attached hydrogens (tertiary/aromatic N) is 2. The summed E-state index contributed by atoms with van der Waals surface area (Å²) in [5.74, 6) is 0. The maximum absolute atomic E-state index is 6.16. The molecule has 0 aromatic carbocycles. The third kappa shape index (κ3) is 3.47. The maximum atomic E-state index is 6.16. The van der Waals surface area contributed by atoms with Crippen LogP contribution in [-0.4, -0.2) is 29.5 Å². The first kappa shape index (κ1) is 13.5. The topological polar surface area (TPSA) is 39.1 Å². The van der Waals surface area contributed by atoms with Crippen LogP contribution in [0.3, 0.4) is 0 Å². The van der Waals surface area contributed by atoms with Gasteiger partial charge in [-0.2, -0.15) is 5.10 Å². The molecular weight excluding hydrogens is 226 g/mol. The first-order valence-corrected chi connectivity index (χ1v) is 6.07. The van der Waals surface area contributed by atoms with Crippen LogP contribution in [0.2, 0.25) is 5.15 Å². The Hall–Kier alpha value is -0.580. The molecule has 0 aliphatic rings. The van der Waals surface area contributed by atoms with Crippen molar-refractivity contribution >= 4 is 11.6 Å². The molecule has 1 rings (SSSR count). The van der Waals surface area contributed by atoms with Gasteiger partial charge in [-0.3, -0.25) is 4.68 Å². The summed E-state index contributed by atoms with van der Waals surface area (Å²) < 4.78 is 6.97. The van der Waals surface area contributed by atoms with Crippen molar-refractivity contribution in [2.24, 2.45) is 7.05 Å². The minimum absolute atomic E-state index is 0.723. The van der Waals surface area contributed by atoms with Crippen molar-refractivity contribution in [3.8, 4) is 0 Å². The van der Waals surface area contributed by atoms with Crippen LogP contribution < -0.4 is 5.32 Å². The van der Waals surface area contributed by atoms with E-state index in [1.54, 1.807) is 4.68 Å². The molecule has 0 aliphatic heterocycles. The predicted molar refractivity (Wildman–Crippen MR) is 65.8 cm³/mol. The van der Waals surface area contributed by atoms with Crippen molar-refractivity contribution in [3.05, 3.63) is 16.4 Å². The fourth-order valence-electron chi connectivity index (χ4n) is 1.56. The van der Waals surface area contributed by atoms with Crippen molar-refractivity contribution in [1.29, 1.82) is 0 Å². The Labute approximate surface area is 102 Å². The van der Waals surface area contributed by atoms with Gasteiger partial charge in [-0.05, 0) is 13.3 Å². The molecule has 1 heterocycles. The van der Waals surface area contributed by atoms with Crippen LogP contribution in [0.1, 0.15) is 25.1 Å². The number of hydrogen-bond acceptors (Lipinski definition) is 3. The quantitative estimate of drug-likeness (QED) is 0.744. The number of ether oxygens (including phenoxy) is 1. The van der Waals surface area contributed by atoms with Crippen molar-refractivity contribution in [3.63, 3.8) is 0 Å². The van der Waals surface area contributed by atoms with Gasteiger partial charge in [0.05, 0.1) is 12.3 Å². The molecule has 0 unspecified atom stereocenters. The normalized spacial score (nSPS) is 11.0. The minimum atomic E-state index is 0.723. The number of nitrogens with one attached hydrogen (secondary N) is 1. The summed E-state index contributed by atoms with van der Waals surface area (Å²) in [7, 11) is 1.87. The number of halogens is 1. The summed E-state index contributed by atoms with van der Waals surface area (Å²) in [5, 5.41) is 8.38. The molecule has 0 atom stereocenters. The van der Waals surface area contributed by atoms with E-state index in [0.717, 1.165) is 49.1 Å². The predicted octanol–water partition coefficient (Wildman–Crippen LogP) is 1.76. The molecule has 1 aromatic heterocycles. The number of hydrogen-bond donors (Lipinski definition) is 1. The summed E-state index contributed by atoms with van der Waals surface area (Å²) in [4.78, 5) is 0. The molecule has 0 aliphatic carbocycles. The number of aromatic nitrogens is 2. The van der Waals surface area contributed by atoms with E-state index in [1.807, 2.05) is 14.0 Å². The number of rotatable bonds is 7. The SMILES string of the molecule is CCOCCNCc1c(CC)nn(C)c1Cl. The molecule has 0 spiro atoms. The second-order valence-corrected chi connectivity index (χ2v) is 3.92. The minimum Gasteiger partial charge on any atom is -0.380 e. The molecule has 0 radical (unpaired) electrons. The van der Waals surface area contributed by atoms with E-state index < -0.39 is 0 Å². The van der Waals surface area contributed by atoms with E-state index in [4.69, 9.17) is 16.3 Å². The Balaban J connectivity index is 2.46. The van der Waals surface area contributed by atoms with Crippen LogP contribution >= 0.6 is 11.6 Å². The van der Waals surface area contributed by atoms with Gasteiger partial charge in [0.2, 0.25) is 0 Å². The van der Waals surface area contributed by atoms with Crippen molar-refractivity contribution in [2.45, 2.75) is 26.8 Å². The van der Waals surface area contributed by atoms with Crippen molar-refractivity contribution in [1.82, 2.24) is 15.1 Å². The highest BCUT2D eigenvalue weighted by Crippen LogP contribution is 2.19. The highest BCUT2D eigenvalue weighted by atomic mass is 35.5. The highest BCUT2D eigenvalue weighted by Gasteiger charge is 2.11. The van der Waals surface area contributed by atoms with Crippen LogP contribution in [0.15, 0.2) is 0 Å². The lowest BCUT2D eigenvalue weighted by atomic mass is 10.2. The zero-order valence-electron chi connectivity index (χ0n) is 10.2. The summed E-state index contributed by atoms with van der Waals surface area (Å²) in [6.45, 7) is 7.16. The molecule has 5 heteroatoms. The summed E-state index contributed by atoms with van der Waals surface area (Å²) in [6.07, 6.45) is 0.906. The summed E-state index contributed by atoms with van der Waals surface area (Å²) >= 11 is 6.16. The monoisotopic (exact) mass is 245 g/mol. The van der Waals surface area contributed by atoms with E-state index in [-0.39, 0.29) is 0 Å². The Morgan fingerprint density at radius 1 is 1.44 bits per heavy atom. The smallest absolute Gasteiger partial charge is 0.131 e. The maximum Gasteiger partial charge on any atom is 0.131 e. The molecule has 0 bridgehead atoms. The fourth-order valence-corrected chi connectivity index (χ4v) is 1.77. The zero-order chi connectivity index (χ0) is 12.0. The van der Waals surface area contributed by atoms with E-state index in [1.165, 1.54) is 0 Å². The highest BCUT2D eigenvalue weighted by molar-refractivity contribution is 6.30. The molecule has 0 fully saturated rings. The van der Waals surface area contributed by atoms with E-state index in [2.05, 4.69) is 17.3 Å². The van der Waals surface area contributed by atoms with Crippen LogP contribution in [0.25, 0.3) is 0 Å². The second kappa shape index (κ2) is 6.89. The van der Waals surface area contributed by atoms with Gasteiger partial charge in [0.25, 0.3) is 0 Å². The third-order valence-corrected chi connectivity index (χ3v) is 2.89. The Morgan fingerprint density at radius 2 is 2.19 bits per heavy atom. The van der Waals surface area contributed by atoms with Gasteiger partial charge in [-0.15, -0.1) is 0 Å². The molecule has 0 saturated heterocycles. The first-order valence-electron chi connectivity index (χ1n) is 5.69. The van der Waals surface area contributed by atoms with Gasteiger partial charge in [-0.25, -0.2) is 0 Å². The van der Waals surface area contributed by atoms with Gasteiger partial charge in [0.1, 0.15) is 5.15 Å². The molecule has 1 N–H and O–H groups in total. The van der Waals surface area contributed by atoms with Gasteiger partial charge in [-0.1, -0.05) is 18.5 Å². The molecule has 4 nitrogen and oxygen atoms in total. The molecule has 0 amide bonds. The number of aryl methyl sites for hydroxylation is 2. The average Bonchev–Trinajstić information content (AvgIpc) is 2.56. The van der Waals surface area contributed by atoms with Crippen LogP contribution in [-0.2, 0) is 24.8 Å². The van der Waals surface area contributed by atoms with Crippen LogP contribution in [0.5, 0.6) is 0 Å².